The first-order valence-electron chi connectivity index (χ1n) is 6.90. The third kappa shape index (κ3) is 5.91. The second kappa shape index (κ2) is 9.77. The quantitative estimate of drug-likeness (QED) is 0.792. The zero-order valence-corrected chi connectivity index (χ0v) is 14.9. The Bertz CT molecular complexity index is 496. The van der Waals surface area contributed by atoms with Crippen LogP contribution in [0, 0.1) is 5.92 Å². The van der Waals surface area contributed by atoms with Crippen molar-refractivity contribution < 1.29 is 14.3 Å². The van der Waals surface area contributed by atoms with Crippen molar-refractivity contribution >= 4 is 29.9 Å². The van der Waals surface area contributed by atoms with E-state index < -0.39 is 0 Å². The molecular weight excluding hydrogens is 327 g/mol. The molecule has 1 aromatic carbocycles. The molecule has 0 aliphatic carbocycles. The summed E-state index contributed by atoms with van der Waals surface area (Å²) in [5.41, 5.74) is 5.90. The van der Waals surface area contributed by atoms with E-state index in [2.05, 4.69) is 5.32 Å². The molecule has 1 atom stereocenters. The SMILES string of the molecule is COc1cc(C(=O)N[C@@H](C)CN)cc(Cl)c1OCC(C)C.Cl. The summed E-state index contributed by atoms with van der Waals surface area (Å²) in [7, 11) is 1.51. The van der Waals surface area contributed by atoms with Gasteiger partial charge in [-0.3, -0.25) is 4.79 Å². The van der Waals surface area contributed by atoms with Gasteiger partial charge in [0.15, 0.2) is 11.5 Å². The van der Waals surface area contributed by atoms with E-state index in [-0.39, 0.29) is 24.4 Å². The summed E-state index contributed by atoms with van der Waals surface area (Å²) >= 11 is 6.20. The van der Waals surface area contributed by atoms with Crippen LogP contribution in [0.3, 0.4) is 0 Å². The Balaban J connectivity index is 0.00000441. The zero-order chi connectivity index (χ0) is 16.0. The summed E-state index contributed by atoms with van der Waals surface area (Å²) in [5, 5.41) is 3.12. The molecule has 0 aliphatic rings. The van der Waals surface area contributed by atoms with Gasteiger partial charge < -0.3 is 20.5 Å². The topological polar surface area (TPSA) is 73.6 Å². The summed E-state index contributed by atoms with van der Waals surface area (Å²) in [6.07, 6.45) is 0. The Labute approximate surface area is 142 Å². The highest BCUT2D eigenvalue weighted by molar-refractivity contribution is 6.32. The van der Waals surface area contributed by atoms with Crippen molar-refractivity contribution in [2.45, 2.75) is 26.8 Å². The van der Waals surface area contributed by atoms with Gasteiger partial charge in [-0.2, -0.15) is 0 Å². The monoisotopic (exact) mass is 350 g/mol. The number of hydrogen-bond donors (Lipinski definition) is 2. The lowest BCUT2D eigenvalue weighted by atomic mass is 10.1. The van der Waals surface area contributed by atoms with Gasteiger partial charge in [0.1, 0.15) is 0 Å². The highest BCUT2D eigenvalue weighted by atomic mass is 35.5. The maximum Gasteiger partial charge on any atom is 0.251 e. The first kappa shape index (κ1) is 20.8. The maximum absolute atomic E-state index is 12.1. The highest BCUT2D eigenvalue weighted by Crippen LogP contribution is 2.36. The molecule has 5 nitrogen and oxygen atoms in total. The summed E-state index contributed by atoms with van der Waals surface area (Å²) in [6.45, 7) is 6.79. The average molecular weight is 351 g/mol. The number of ether oxygens (including phenoxy) is 2. The Hall–Kier alpha value is -1.17. The van der Waals surface area contributed by atoms with E-state index in [4.69, 9.17) is 26.8 Å². The number of halogens is 2. The standard InChI is InChI=1S/C15H23ClN2O3.ClH/c1-9(2)8-21-14-12(16)5-11(6-13(14)20-4)15(19)18-10(3)7-17;/h5-6,9-10H,7-8,17H2,1-4H3,(H,18,19);1H/t10-;/m0./s1. The molecule has 0 bridgehead atoms. The van der Waals surface area contributed by atoms with Gasteiger partial charge in [-0.1, -0.05) is 25.4 Å². The van der Waals surface area contributed by atoms with E-state index in [0.717, 1.165) is 0 Å². The van der Waals surface area contributed by atoms with E-state index >= 15 is 0 Å². The van der Waals surface area contributed by atoms with Gasteiger partial charge in [0.05, 0.1) is 18.7 Å². The van der Waals surface area contributed by atoms with Crippen molar-refractivity contribution in [1.82, 2.24) is 5.32 Å². The molecule has 0 aromatic heterocycles. The van der Waals surface area contributed by atoms with Crippen LogP contribution in [0.4, 0.5) is 0 Å². The van der Waals surface area contributed by atoms with E-state index in [1.807, 2.05) is 20.8 Å². The van der Waals surface area contributed by atoms with Gasteiger partial charge in [-0.25, -0.2) is 0 Å². The first-order valence-corrected chi connectivity index (χ1v) is 7.28. The smallest absolute Gasteiger partial charge is 0.251 e. The Morgan fingerprint density at radius 3 is 2.50 bits per heavy atom. The van der Waals surface area contributed by atoms with Crippen LogP contribution in [-0.2, 0) is 0 Å². The molecule has 0 unspecified atom stereocenters. The van der Waals surface area contributed by atoms with E-state index in [9.17, 15) is 4.79 Å². The molecule has 1 amide bonds. The fourth-order valence-electron chi connectivity index (χ4n) is 1.61. The molecule has 0 fully saturated rings. The molecule has 126 valence electrons. The van der Waals surface area contributed by atoms with Gasteiger partial charge >= 0.3 is 0 Å². The molecule has 1 aromatic rings. The second-order valence-corrected chi connectivity index (χ2v) is 5.71. The maximum atomic E-state index is 12.1. The fourth-order valence-corrected chi connectivity index (χ4v) is 1.87. The van der Waals surface area contributed by atoms with Gasteiger partial charge in [-0.15, -0.1) is 12.4 Å². The lowest BCUT2D eigenvalue weighted by Crippen LogP contribution is -2.37. The molecule has 7 heteroatoms. The van der Waals surface area contributed by atoms with Crippen LogP contribution in [0.1, 0.15) is 31.1 Å². The Kier molecular flexibility index (Phi) is 9.25. The number of benzene rings is 1. The number of nitrogens with two attached hydrogens (primary N) is 1. The normalized spacial score (nSPS) is 11.6. The largest absolute Gasteiger partial charge is 0.493 e. The number of amides is 1. The van der Waals surface area contributed by atoms with E-state index in [0.29, 0.717) is 41.2 Å². The molecule has 0 spiro atoms. The third-order valence-corrected chi connectivity index (χ3v) is 3.06. The van der Waals surface area contributed by atoms with Gasteiger partial charge in [0.25, 0.3) is 5.91 Å². The molecule has 1 rings (SSSR count). The first-order chi connectivity index (χ1) is 9.88. The molecule has 0 saturated carbocycles. The minimum atomic E-state index is -0.247. The fraction of sp³-hybridized carbons (Fsp3) is 0.533. The van der Waals surface area contributed by atoms with Crippen molar-refractivity contribution in [3.05, 3.63) is 22.7 Å². The number of carbonyl (C=O) groups excluding carboxylic acids is 1. The van der Waals surface area contributed by atoms with Crippen molar-refractivity contribution in [2.75, 3.05) is 20.3 Å². The van der Waals surface area contributed by atoms with Crippen molar-refractivity contribution in [3.63, 3.8) is 0 Å². The van der Waals surface area contributed by atoms with Crippen molar-refractivity contribution in [1.29, 1.82) is 0 Å². The van der Waals surface area contributed by atoms with Gasteiger partial charge in [-0.05, 0) is 25.0 Å². The molecule has 0 saturated heterocycles. The molecule has 0 radical (unpaired) electrons. The summed E-state index contributed by atoms with van der Waals surface area (Å²) in [5.74, 6) is 1.01. The van der Waals surface area contributed by atoms with Crippen LogP contribution in [0.2, 0.25) is 5.02 Å². The number of carbonyl (C=O) groups is 1. The average Bonchev–Trinajstić information content (AvgIpc) is 2.44. The van der Waals surface area contributed by atoms with Gasteiger partial charge in [0, 0.05) is 18.2 Å². The molecular formula is C15H24Cl2N2O3. The lowest BCUT2D eigenvalue weighted by molar-refractivity contribution is 0.0941. The van der Waals surface area contributed by atoms with Crippen LogP contribution in [0.5, 0.6) is 11.5 Å². The summed E-state index contributed by atoms with van der Waals surface area (Å²) in [4.78, 5) is 12.1. The van der Waals surface area contributed by atoms with Gasteiger partial charge in [0.2, 0.25) is 0 Å². The van der Waals surface area contributed by atoms with E-state index in [1.54, 1.807) is 12.1 Å². The lowest BCUT2D eigenvalue weighted by Gasteiger charge is -2.16. The zero-order valence-electron chi connectivity index (χ0n) is 13.3. The van der Waals surface area contributed by atoms with Crippen molar-refractivity contribution in [2.24, 2.45) is 11.7 Å². The minimum absolute atomic E-state index is 0. The number of rotatable bonds is 7. The summed E-state index contributed by atoms with van der Waals surface area (Å²) < 4.78 is 10.9. The molecule has 22 heavy (non-hydrogen) atoms. The van der Waals surface area contributed by atoms with Crippen LogP contribution in [0.25, 0.3) is 0 Å². The number of methoxy groups -OCH3 is 1. The molecule has 3 N–H and O–H groups in total. The highest BCUT2D eigenvalue weighted by Gasteiger charge is 2.17. The number of hydrogen-bond acceptors (Lipinski definition) is 4. The molecule has 0 aliphatic heterocycles. The van der Waals surface area contributed by atoms with Crippen molar-refractivity contribution in [3.8, 4) is 11.5 Å². The van der Waals surface area contributed by atoms with Crippen LogP contribution < -0.4 is 20.5 Å². The van der Waals surface area contributed by atoms with Crippen LogP contribution in [0.15, 0.2) is 12.1 Å². The predicted octanol–water partition coefficient (Wildman–Crippen LogP) is 2.88. The van der Waals surface area contributed by atoms with E-state index in [1.165, 1.54) is 7.11 Å². The third-order valence-electron chi connectivity index (χ3n) is 2.78. The minimum Gasteiger partial charge on any atom is -0.493 e. The van der Waals surface area contributed by atoms with Crippen LogP contribution >= 0.6 is 24.0 Å². The predicted molar refractivity (Wildman–Crippen MR) is 91.6 cm³/mol. The Morgan fingerprint density at radius 1 is 1.36 bits per heavy atom. The second-order valence-electron chi connectivity index (χ2n) is 5.30. The summed E-state index contributed by atoms with van der Waals surface area (Å²) in [6, 6.07) is 3.07. The molecule has 0 heterocycles. The van der Waals surface area contributed by atoms with Crippen LogP contribution in [-0.4, -0.2) is 32.2 Å². The number of nitrogens with one attached hydrogen (secondary N) is 1. The Morgan fingerprint density at radius 2 is 2.00 bits per heavy atom.